The molecule has 0 bridgehead atoms. The molecule has 5 heteroatoms. The largest absolute Gasteiger partial charge is 0.368 e. The molecule has 5 rings (SSSR count). The van der Waals surface area contributed by atoms with Gasteiger partial charge in [-0.25, -0.2) is 0 Å². The molecular formula is C26H28N4O. The molecule has 0 atom stereocenters. The SMILES string of the molecule is CN1CN(Cc2ccc(N3CC3)cc2)C(=O)C2=C1CCN(CC#Cc1ccccc1)C2. The molecular weight excluding hydrogens is 384 g/mol. The van der Waals surface area contributed by atoms with E-state index in [9.17, 15) is 4.79 Å². The molecule has 0 saturated carbocycles. The van der Waals surface area contributed by atoms with Crippen LogP contribution in [0.1, 0.15) is 17.5 Å². The maximum atomic E-state index is 13.3. The van der Waals surface area contributed by atoms with E-state index in [2.05, 4.69) is 57.9 Å². The van der Waals surface area contributed by atoms with E-state index in [-0.39, 0.29) is 5.91 Å². The number of nitrogens with zero attached hydrogens (tertiary/aromatic N) is 4. The summed E-state index contributed by atoms with van der Waals surface area (Å²) in [5.41, 5.74) is 5.62. The molecule has 3 aliphatic heterocycles. The number of carbonyl (C=O) groups is 1. The summed E-state index contributed by atoms with van der Waals surface area (Å²) in [5, 5.41) is 0. The zero-order valence-corrected chi connectivity index (χ0v) is 18.1. The second-order valence-corrected chi connectivity index (χ2v) is 8.55. The van der Waals surface area contributed by atoms with Gasteiger partial charge in [0.25, 0.3) is 5.91 Å². The minimum atomic E-state index is 0.170. The van der Waals surface area contributed by atoms with Gasteiger partial charge in [0.05, 0.1) is 18.8 Å². The Morgan fingerprint density at radius 2 is 1.74 bits per heavy atom. The van der Waals surface area contributed by atoms with Gasteiger partial charge in [0, 0.05) is 63.1 Å². The van der Waals surface area contributed by atoms with Gasteiger partial charge in [-0.3, -0.25) is 9.69 Å². The topological polar surface area (TPSA) is 29.8 Å². The predicted molar refractivity (Wildman–Crippen MR) is 123 cm³/mol. The third-order valence-electron chi connectivity index (χ3n) is 6.22. The van der Waals surface area contributed by atoms with Gasteiger partial charge in [-0.2, -0.15) is 0 Å². The molecule has 5 nitrogen and oxygen atoms in total. The van der Waals surface area contributed by atoms with Gasteiger partial charge in [0.1, 0.15) is 0 Å². The maximum Gasteiger partial charge on any atom is 0.254 e. The molecule has 158 valence electrons. The van der Waals surface area contributed by atoms with Crippen molar-refractivity contribution in [1.82, 2.24) is 14.7 Å². The Morgan fingerprint density at radius 1 is 0.968 bits per heavy atom. The van der Waals surface area contributed by atoms with E-state index in [1.54, 1.807) is 0 Å². The first-order chi connectivity index (χ1) is 15.2. The lowest BCUT2D eigenvalue weighted by Crippen LogP contribution is -2.50. The molecule has 3 aliphatic rings. The van der Waals surface area contributed by atoms with Crippen LogP contribution in [0.15, 0.2) is 65.9 Å². The van der Waals surface area contributed by atoms with Crippen molar-refractivity contribution < 1.29 is 4.79 Å². The second-order valence-electron chi connectivity index (χ2n) is 8.55. The van der Waals surface area contributed by atoms with E-state index in [0.717, 1.165) is 37.2 Å². The molecule has 0 radical (unpaired) electrons. The summed E-state index contributed by atoms with van der Waals surface area (Å²) in [7, 11) is 2.10. The third-order valence-corrected chi connectivity index (χ3v) is 6.22. The fraction of sp³-hybridized carbons (Fsp3) is 0.346. The molecule has 2 aromatic carbocycles. The zero-order valence-electron chi connectivity index (χ0n) is 18.1. The average molecular weight is 413 g/mol. The van der Waals surface area contributed by atoms with Gasteiger partial charge < -0.3 is 14.7 Å². The number of hydrogen-bond donors (Lipinski definition) is 0. The van der Waals surface area contributed by atoms with E-state index in [0.29, 0.717) is 26.3 Å². The van der Waals surface area contributed by atoms with Crippen molar-refractivity contribution in [2.45, 2.75) is 13.0 Å². The van der Waals surface area contributed by atoms with Crippen molar-refractivity contribution in [1.29, 1.82) is 0 Å². The lowest BCUT2D eigenvalue weighted by atomic mass is 10.0. The van der Waals surface area contributed by atoms with Crippen LogP contribution in [-0.2, 0) is 11.3 Å². The quantitative estimate of drug-likeness (QED) is 0.571. The number of benzene rings is 2. The first-order valence-electron chi connectivity index (χ1n) is 11.0. The molecule has 1 saturated heterocycles. The molecule has 0 spiro atoms. The first-order valence-corrected chi connectivity index (χ1v) is 11.0. The van der Waals surface area contributed by atoms with E-state index in [1.807, 2.05) is 35.2 Å². The van der Waals surface area contributed by atoms with Crippen molar-refractivity contribution >= 4 is 11.6 Å². The Labute approximate surface area is 184 Å². The van der Waals surface area contributed by atoms with Crippen LogP contribution in [-0.4, -0.2) is 67.0 Å². The highest BCUT2D eigenvalue weighted by atomic mass is 16.2. The molecule has 1 amide bonds. The molecule has 0 N–H and O–H groups in total. The van der Waals surface area contributed by atoms with Gasteiger partial charge in [0.2, 0.25) is 0 Å². The van der Waals surface area contributed by atoms with Crippen LogP contribution in [0.3, 0.4) is 0 Å². The Morgan fingerprint density at radius 3 is 2.48 bits per heavy atom. The Balaban J connectivity index is 1.24. The summed E-state index contributed by atoms with van der Waals surface area (Å²) < 4.78 is 0. The first kappa shape index (κ1) is 19.7. The molecule has 0 aromatic heterocycles. The van der Waals surface area contributed by atoms with E-state index in [4.69, 9.17) is 0 Å². The van der Waals surface area contributed by atoms with E-state index >= 15 is 0 Å². The lowest BCUT2D eigenvalue weighted by Gasteiger charge is -2.42. The minimum absolute atomic E-state index is 0.170. The van der Waals surface area contributed by atoms with Crippen molar-refractivity contribution in [3.8, 4) is 11.8 Å². The Hall–Kier alpha value is -3.23. The molecule has 2 aromatic rings. The Bertz CT molecular complexity index is 1040. The van der Waals surface area contributed by atoms with Crippen LogP contribution in [0, 0.1) is 11.8 Å². The van der Waals surface area contributed by atoms with Gasteiger partial charge >= 0.3 is 0 Å². The number of rotatable bonds is 4. The second kappa shape index (κ2) is 8.49. The summed E-state index contributed by atoms with van der Waals surface area (Å²) in [4.78, 5) is 22.1. The normalized spacial score (nSPS) is 18.6. The summed E-state index contributed by atoms with van der Waals surface area (Å²) in [5.74, 6) is 6.67. The zero-order chi connectivity index (χ0) is 21.2. The number of anilines is 1. The van der Waals surface area contributed by atoms with Crippen LogP contribution in [0.2, 0.25) is 0 Å². The van der Waals surface area contributed by atoms with Crippen molar-refractivity contribution in [3.05, 3.63) is 77.0 Å². The van der Waals surface area contributed by atoms with Crippen molar-refractivity contribution in [3.63, 3.8) is 0 Å². The number of amides is 1. The monoisotopic (exact) mass is 412 g/mol. The highest BCUT2D eigenvalue weighted by molar-refractivity contribution is 5.95. The summed E-state index contributed by atoms with van der Waals surface area (Å²) in [6, 6.07) is 18.7. The van der Waals surface area contributed by atoms with Crippen LogP contribution >= 0.6 is 0 Å². The summed E-state index contributed by atoms with van der Waals surface area (Å²) in [6.45, 7) is 5.90. The van der Waals surface area contributed by atoms with Crippen molar-refractivity contribution in [2.24, 2.45) is 0 Å². The highest BCUT2D eigenvalue weighted by Crippen LogP contribution is 2.28. The van der Waals surface area contributed by atoms with Gasteiger partial charge in [-0.05, 0) is 29.8 Å². The van der Waals surface area contributed by atoms with Gasteiger partial charge in [0.15, 0.2) is 0 Å². The van der Waals surface area contributed by atoms with Gasteiger partial charge in [-0.15, -0.1) is 0 Å². The van der Waals surface area contributed by atoms with Crippen LogP contribution in [0.25, 0.3) is 0 Å². The summed E-state index contributed by atoms with van der Waals surface area (Å²) in [6.07, 6.45) is 0.906. The number of carbonyl (C=O) groups excluding carboxylic acids is 1. The van der Waals surface area contributed by atoms with E-state index < -0.39 is 0 Å². The number of hydrogen-bond acceptors (Lipinski definition) is 4. The standard InChI is InChI=1S/C26H28N4O/c1-27-20-30(18-22-9-11-23(12-10-22)29-16-17-29)26(31)24-19-28(15-13-25(24)27)14-5-8-21-6-3-2-4-7-21/h2-4,6-7,9-12H,13-20H2,1H3. The molecule has 31 heavy (non-hydrogen) atoms. The summed E-state index contributed by atoms with van der Waals surface area (Å²) >= 11 is 0. The van der Waals surface area contributed by atoms with Crippen LogP contribution < -0.4 is 4.90 Å². The van der Waals surface area contributed by atoms with E-state index in [1.165, 1.54) is 16.9 Å². The average Bonchev–Trinajstić information content (AvgIpc) is 3.64. The predicted octanol–water partition coefficient (Wildman–Crippen LogP) is 2.75. The molecule has 0 aliphatic carbocycles. The minimum Gasteiger partial charge on any atom is -0.368 e. The van der Waals surface area contributed by atoms with Crippen LogP contribution in [0.4, 0.5) is 5.69 Å². The molecule has 1 fully saturated rings. The molecule has 3 heterocycles. The fourth-order valence-corrected chi connectivity index (χ4v) is 4.39. The highest BCUT2D eigenvalue weighted by Gasteiger charge is 2.33. The smallest absolute Gasteiger partial charge is 0.254 e. The van der Waals surface area contributed by atoms with Crippen LogP contribution in [0.5, 0.6) is 0 Å². The fourth-order valence-electron chi connectivity index (χ4n) is 4.39. The van der Waals surface area contributed by atoms with Gasteiger partial charge in [-0.1, -0.05) is 42.2 Å². The van der Waals surface area contributed by atoms with Crippen molar-refractivity contribution in [2.75, 3.05) is 51.3 Å². The molecule has 0 unspecified atom stereocenters. The maximum absolute atomic E-state index is 13.3. The lowest BCUT2D eigenvalue weighted by molar-refractivity contribution is -0.131. The Kier molecular flexibility index (Phi) is 5.40. The third kappa shape index (κ3) is 4.45.